The first-order valence-corrected chi connectivity index (χ1v) is 7.62. The lowest BCUT2D eigenvalue weighted by Crippen LogP contribution is -2.34. The van der Waals surface area contributed by atoms with Gasteiger partial charge in [0.2, 0.25) is 10.0 Å². The average molecular weight is 263 g/mol. The standard InChI is InChI=1S/C11H21NO4S/c1-9(2)11(5-6-11)8-12-17(15,16)7-3-4-10(13)14/h9,12H,3-8H2,1-2H3,(H,13,14). The van der Waals surface area contributed by atoms with E-state index in [2.05, 4.69) is 18.6 Å². The van der Waals surface area contributed by atoms with Crippen LogP contribution < -0.4 is 4.72 Å². The number of nitrogens with one attached hydrogen (secondary N) is 1. The van der Waals surface area contributed by atoms with Gasteiger partial charge in [-0.1, -0.05) is 13.8 Å². The van der Waals surface area contributed by atoms with Gasteiger partial charge in [-0.05, 0) is 30.6 Å². The van der Waals surface area contributed by atoms with Gasteiger partial charge < -0.3 is 5.11 Å². The van der Waals surface area contributed by atoms with E-state index in [4.69, 9.17) is 5.11 Å². The molecule has 0 aromatic heterocycles. The molecule has 0 unspecified atom stereocenters. The Labute approximate surface area is 103 Å². The summed E-state index contributed by atoms with van der Waals surface area (Å²) in [5.41, 5.74) is 0.139. The molecule has 0 aromatic rings. The highest BCUT2D eigenvalue weighted by molar-refractivity contribution is 7.89. The summed E-state index contributed by atoms with van der Waals surface area (Å²) in [5, 5.41) is 8.44. The Morgan fingerprint density at radius 3 is 2.41 bits per heavy atom. The van der Waals surface area contributed by atoms with E-state index < -0.39 is 16.0 Å². The summed E-state index contributed by atoms with van der Waals surface area (Å²) in [5.74, 6) is -0.585. The Bertz CT molecular complexity index is 371. The summed E-state index contributed by atoms with van der Waals surface area (Å²) in [6.07, 6.45) is 2.21. The van der Waals surface area contributed by atoms with Crippen LogP contribution in [0.3, 0.4) is 0 Å². The molecule has 0 atom stereocenters. The summed E-state index contributed by atoms with van der Waals surface area (Å²) in [6, 6.07) is 0. The fourth-order valence-electron chi connectivity index (χ4n) is 1.86. The summed E-state index contributed by atoms with van der Waals surface area (Å²) in [7, 11) is -3.32. The molecule has 0 heterocycles. The fraction of sp³-hybridized carbons (Fsp3) is 0.909. The van der Waals surface area contributed by atoms with Crippen LogP contribution in [-0.4, -0.2) is 31.8 Å². The van der Waals surface area contributed by atoms with Crippen molar-refractivity contribution in [1.29, 1.82) is 0 Å². The molecule has 0 aromatic carbocycles. The van der Waals surface area contributed by atoms with Crippen LogP contribution in [-0.2, 0) is 14.8 Å². The van der Waals surface area contributed by atoms with Crippen LogP contribution in [0.2, 0.25) is 0 Å². The number of carbonyl (C=O) groups is 1. The number of hydrogen-bond acceptors (Lipinski definition) is 3. The Balaban J connectivity index is 2.32. The molecule has 0 spiro atoms. The van der Waals surface area contributed by atoms with Crippen molar-refractivity contribution in [2.45, 2.75) is 39.5 Å². The summed E-state index contributed by atoms with van der Waals surface area (Å²) < 4.78 is 25.8. The van der Waals surface area contributed by atoms with E-state index in [1.54, 1.807) is 0 Å². The zero-order valence-electron chi connectivity index (χ0n) is 10.4. The van der Waals surface area contributed by atoms with Crippen LogP contribution in [0.15, 0.2) is 0 Å². The lowest BCUT2D eigenvalue weighted by Gasteiger charge is -2.19. The molecule has 1 aliphatic rings. The van der Waals surface area contributed by atoms with E-state index in [0.717, 1.165) is 12.8 Å². The lowest BCUT2D eigenvalue weighted by molar-refractivity contribution is -0.137. The van der Waals surface area contributed by atoms with Gasteiger partial charge in [0.1, 0.15) is 0 Å². The molecule has 17 heavy (non-hydrogen) atoms. The monoisotopic (exact) mass is 263 g/mol. The largest absolute Gasteiger partial charge is 0.481 e. The third-order valence-electron chi connectivity index (χ3n) is 3.56. The third-order valence-corrected chi connectivity index (χ3v) is 4.98. The van der Waals surface area contributed by atoms with Gasteiger partial charge in [0.15, 0.2) is 0 Å². The van der Waals surface area contributed by atoms with Gasteiger partial charge in [0, 0.05) is 13.0 Å². The molecule has 1 saturated carbocycles. The molecule has 0 saturated heterocycles. The Morgan fingerprint density at radius 1 is 1.41 bits per heavy atom. The minimum Gasteiger partial charge on any atom is -0.481 e. The number of rotatable bonds is 8. The molecule has 0 bridgehead atoms. The van der Waals surface area contributed by atoms with Crippen LogP contribution in [0.5, 0.6) is 0 Å². The predicted molar refractivity (Wildman–Crippen MR) is 65.2 cm³/mol. The molecule has 1 fully saturated rings. The summed E-state index contributed by atoms with van der Waals surface area (Å²) >= 11 is 0. The smallest absolute Gasteiger partial charge is 0.303 e. The average Bonchev–Trinajstić information content (AvgIpc) is 2.94. The first-order valence-electron chi connectivity index (χ1n) is 5.97. The van der Waals surface area contributed by atoms with E-state index >= 15 is 0 Å². The molecular formula is C11H21NO4S. The van der Waals surface area contributed by atoms with Crippen molar-refractivity contribution >= 4 is 16.0 Å². The zero-order valence-corrected chi connectivity index (χ0v) is 11.2. The zero-order chi connectivity index (χ0) is 13.1. The second-order valence-corrected chi connectivity index (χ2v) is 7.08. The number of carboxylic acid groups (broad SMARTS) is 1. The van der Waals surface area contributed by atoms with Gasteiger partial charge in [-0.2, -0.15) is 0 Å². The van der Waals surface area contributed by atoms with Crippen molar-refractivity contribution in [3.63, 3.8) is 0 Å². The van der Waals surface area contributed by atoms with Crippen LogP contribution in [0.1, 0.15) is 39.5 Å². The highest BCUT2D eigenvalue weighted by Crippen LogP contribution is 2.51. The summed E-state index contributed by atoms with van der Waals surface area (Å²) in [4.78, 5) is 10.3. The Kier molecular flexibility index (Phi) is 4.55. The summed E-state index contributed by atoms with van der Waals surface area (Å²) in [6.45, 7) is 4.69. The van der Waals surface area contributed by atoms with Crippen molar-refractivity contribution in [1.82, 2.24) is 4.72 Å². The van der Waals surface area contributed by atoms with Crippen LogP contribution in [0.4, 0.5) is 0 Å². The maximum atomic E-state index is 11.6. The van der Waals surface area contributed by atoms with Crippen LogP contribution in [0, 0.1) is 11.3 Å². The van der Waals surface area contributed by atoms with E-state index in [0.29, 0.717) is 12.5 Å². The molecule has 100 valence electrons. The lowest BCUT2D eigenvalue weighted by atomic mass is 9.93. The van der Waals surface area contributed by atoms with E-state index in [1.807, 2.05) is 0 Å². The first kappa shape index (κ1) is 14.4. The minimum atomic E-state index is -3.32. The maximum Gasteiger partial charge on any atom is 0.303 e. The molecule has 1 aliphatic carbocycles. The fourth-order valence-corrected chi connectivity index (χ4v) is 3.03. The van der Waals surface area contributed by atoms with Crippen molar-refractivity contribution in [2.75, 3.05) is 12.3 Å². The third kappa shape index (κ3) is 4.63. The SMILES string of the molecule is CC(C)C1(CNS(=O)(=O)CCCC(=O)O)CC1. The highest BCUT2D eigenvalue weighted by atomic mass is 32.2. The van der Waals surface area contributed by atoms with Crippen molar-refractivity contribution < 1.29 is 18.3 Å². The molecule has 2 N–H and O–H groups in total. The second-order valence-electron chi connectivity index (χ2n) is 5.15. The topological polar surface area (TPSA) is 83.5 Å². The van der Waals surface area contributed by atoms with E-state index in [9.17, 15) is 13.2 Å². The minimum absolute atomic E-state index is 0.101. The predicted octanol–water partition coefficient (Wildman–Crippen LogP) is 1.21. The highest BCUT2D eigenvalue weighted by Gasteiger charge is 2.45. The van der Waals surface area contributed by atoms with Crippen molar-refractivity contribution in [2.24, 2.45) is 11.3 Å². The Hall–Kier alpha value is -0.620. The first-order chi connectivity index (χ1) is 7.77. The van der Waals surface area contributed by atoms with Gasteiger partial charge in [-0.25, -0.2) is 13.1 Å². The molecule has 0 radical (unpaired) electrons. The quantitative estimate of drug-likeness (QED) is 0.689. The molecular weight excluding hydrogens is 242 g/mol. The molecule has 0 aliphatic heterocycles. The van der Waals surface area contributed by atoms with Gasteiger partial charge in [0.25, 0.3) is 0 Å². The van der Waals surface area contributed by atoms with E-state index in [-0.39, 0.29) is 24.0 Å². The van der Waals surface area contributed by atoms with Gasteiger partial charge in [-0.15, -0.1) is 0 Å². The number of hydrogen-bond donors (Lipinski definition) is 2. The number of sulfonamides is 1. The second kappa shape index (κ2) is 5.35. The van der Waals surface area contributed by atoms with Crippen molar-refractivity contribution in [3.05, 3.63) is 0 Å². The number of aliphatic carboxylic acids is 1. The number of carboxylic acids is 1. The Morgan fingerprint density at radius 2 is 2.00 bits per heavy atom. The van der Waals surface area contributed by atoms with E-state index in [1.165, 1.54) is 0 Å². The maximum absolute atomic E-state index is 11.6. The van der Waals surface area contributed by atoms with Gasteiger partial charge in [0.05, 0.1) is 5.75 Å². The molecule has 6 heteroatoms. The van der Waals surface area contributed by atoms with Gasteiger partial charge >= 0.3 is 5.97 Å². The normalized spacial score (nSPS) is 18.3. The van der Waals surface area contributed by atoms with Crippen LogP contribution in [0.25, 0.3) is 0 Å². The molecule has 1 rings (SSSR count). The van der Waals surface area contributed by atoms with Crippen LogP contribution >= 0.6 is 0 Å². The van der Waals surface area contributed by atoms with Gasteiger partial charge in [-0.3, -0.25) is 4.79 Å². The van der Waals surface area contributed by atoms with Crippen molar-refractivity contribution in [3.8, 4) is 0 Å². The molecule has 0 amide bonds. The molecule has 5 nitrogen and oxygen atoms in total.